The zero-order valence-corrected chi connectivity index (χ0v) is 24.0. The minimum absolute atomic E-state index is 0.0943. The molecule has 1 amide bonds. The zero-order chi connectivity index (χ0) is 31.1. The molecule has 0 radical (unpaired) electrons. The smallest absolute Gasteiger partial charge is 0.328 e. The Balaban J connectivity index is 0.000000230. The minimum Gasteiger partial charge on any atom is -0.484 e. The van der Waals surface area contributed by atoms with Crippen LogP contribution < -0.4 is 19.3 Å². The molecule has 42 heavy (non-hydrogen) atoms. The van der Waals surface area contributed by atoms with E-state index < -0.39 is 39.8 Å². The molecule has 2 heterocycles. The topological polar surface area (TPSA) is 181 Å². The van der Waals surface area contributed by atoms with E-state index in [4.69, 9.17) is 31.2 Å². The van der Waals surface area contributed by atoms with E-state index in [9.17, 15) is 34.6 Å². The van der Waals surface area contributed by atoms with Crippen LogP contribution in [0.15, 0.2) is 36.4 Å². The molecule has 2 aliphatic rings. The van der Waals surface area contributed by atoms with Crippen LogP contribution in [-0.2, 0) is 23.9 Å². The molecule has 2 aromatic carbocycles. The fourth-order valence-corrected chi connectivity index (χ4v) is 4.45. The molecular formula is C26H28N4O11S. The third-order valence-corrected chi connectivity index (χ3v) is 6.41. The lowest BCUT2D eigenvalue weighted by Gasteiger charge is -2.34. The fraction of sp³-hybridized carbons (Fsp3) is 0.385. The molecule has 0 bridgehead atoms. The first-order valence-electron chi connectivity index (χ1n) is 12.7. The van der Waals surface area contributed by atoms with Gasteiger partial charge >= 0.3 is 11.9 Å². The summed E-state index contributed by atoms with van der Waals surface area (Å²) in [6, 6.07) is 6.52. The number of hydrogen-bond donors (Lipinski definition) is 0. The summed E-state index contributed by atoms with van der Waals surface area (Å²) in [6.07, 6.45) is 0. The predicted molar refractivity (Wildman–Crippen MR) is 152 cm³/mol. The molecule has 0 saturated carbocycles. The van der Waals surface area contributed by atoms with Crippen molar-refractivity contribution >= 4 is 57.8 Å². The highest BCUT2D eigenvalue weighted by atomic mass is 32.1. The summed E-state index contributed by atoms with van der Waals surface area (Å²) in [4.78, 5) is 59.5. The number of nitro benzene ring substituents is 2. The van der Waals surface area contributed by atoms with Gasteiger partial charge in [-0.15, -0.1) is 0 Å². The average molecular weight is 605 g/mol. The Morgan fingerprint density at radius 3 is 1.74 bits per heavy atom. The van der Waals surface area contributed by atoms with Crippen LogP contribution in [0.2, 0.25) is 0 Å². The van der Waals surface area contributed by atoms with Gasteiger partial charge in [-0.05, 0) is 39.8 Å². The SMILES string of the molecule is CCOC(=O)C(C)N1C(=O)COc2ccc([N+](=O)[O-])cc21.CCOC(=O)C(C)N1C(=S)COc2ccc([N+](=O)[O-])cc21. The Bertz CT molecular complexity index is 1310. The Labute approximate surface area is 245 Å². The second-order valence-electron chi connectivity index (χ2n) is 8.78. The number of rotatable bonds is 8. The van der Waals surface area contributed by atoms with Crippen molar-refractivity contribution in [3.63, 3.8) is 0 Å². The van der Waals surface area contributed by atoms with Gasteiger partial charge in [-0.2, -0.15) is 0 Å². The van der Waals surface area contributed by atoms with E-state index in [-0.39, 0.29) is 43.5 Å². The quantitative estimate of drug-likeness (QED) is 0.185. The first kappa shape index (κ1) is 31.7. The molecule has 16 heteroatoms. The molecule has 0 aromatic heterocycles. The van der Waals surface area contributed by atoms with Gasteiger partial charge in [0.15, 0.2) is 6.61 Å². The molecule has 0 aliphatic carbocycles. The van der Waals surface area contributed by atoms with Crippen molar-refractivity contribution in [2.24, 2.45) is 0 Å². The number of nitrogens with zero attached hydrogens (tertiary/aromatic N) is 4. The van der Waals surface area contributed by atoms with Gasteiger partial charge in [0, 0.05) is 24.3 Å². The van der Waals surface area contributed by atoms with E-state index in [0.29, 0.717) is 22.2 Å². The lowest BCUT2D eigenvalue weighted by Crippen LogP contribution is -2.48. The van der Waals surface area contributed by atoms with Crippen molar-refractivity contribution in [2.75, 3.05) is 36.2 Å². The van der Waals surface area contributed by atoms with Gasteiger partial charge < -0.3 is 23.8 Å². The number of thiocarbonyl (C=S) groups is 1. The standard InChI is InChI=1S/C13H14N2O6.C13H14N2O5S/c1-3-20-13(17)8(2)14-10-6-9(15(18)19)4-5-11(10)21-7-12(14)16;1-3-19-13(16)8(2)14-10-6-9(15(17)18)4-5-11(10)20-7-12(14)21/h2*4-6,8H,3,7H2,1-2H3. The van der Waals surface area contributed by atoms with Gasteiger partial charge in [0.2, 0.25) is 0 Å². The Morgan fingerprint density at radius 2 is 1.29 bits per heavy atom. The van der Waals surface area contributed by atoms with Gasteiger partial charge in [0.25, 0.3) is 17.3 Å². The molecule has 2 atom stereocenters. The predicted octanol–water partition coefficient (Wildman–Crippen LogP) is 3.34. The normalized spacial score (nSPS) is 15.0. The molecule has 0 fully saturated rings. The van der Waals surface area contributed by atoms with E-state index in [2.05, 4.69) is 0 Å². The third-order valence-electron chi connectivity index (χ3n) is 6.10. The summed E-state index contributed by atoms with van der Waals surface area (Å²) in [5.74, 6) is -0.713. The Hall–Kier alpha value is -4.86. The van der Waals surface area contributed by atoms with Crippen molar-refractivity contribution < 1.29 is 43.2 Å². The summed E-state index contributed by atoms with van der Waals surface area (Å²) in [7, 11) is 0. The molecule has 224 valence electrons. The highest BCUT2D eigenvalue weighted by molar-refractivity contribution is 7.80. The highest BCUT2D eigenvalue weighted by Gasteiger charge is 2.35. The van der Waals surface area contributed by atoms with E-state index in [1.165, 1.54) is 48.2 Å². The van der Waals surface area contributed by atoms with E-state index in [1.807, 2.05) is 0 Å². The molecule has 2 aromatic rings. The number of carbonyl (C=O) groups is 3. The summed E-state index contributed by atoms with van der Waals surface area (Å²) in [6.45, 7) is 6.86. The third kappa shape index (κ3) is 6.88. The summed E-state index contributed by atoms with van der Waals surface area (Å²) < 4.78 is 20.5. The second-order valence-corrected chi connectivity index (χ2v) is 9.25. The maximum absolute atomic E-state index is 12.0. The summed E-state index contributed by atoms with van der Waals surface area (Å²) in [5.41, 5.74) is 0.318. The summed E-state index contributed by atoms with van der Waals surface area (Å²) in [5, 5.41) is 21.8. The Morgan fingerprint density at radius 1 is 0.857 bits per heavy atom. The first-order valence-corrected chi connectivity index (χ1v) is 13.1. The van der Waals surface area contributed by atoms with Gasteiger partial charge in [-0.25, -0.2) is 9.59 Å². The van der Waals surface area contributed by atoms with Crippen LogP contribution in [0, 0.1) is 20.2 Å². The van der Waals surface area contributed by atoms with Crippen molar-refractivity contribution in [2.45, 2.75) is 39.8 Å². The molecule has 0 saturated heterocycles. The number of benzene rings is 2. The van der Waals surface area contributed by atoms with Crippen molar-refractivity contribution in [3.05, 3.63) is 56.6 Å². The Kier molecular flexibility index (Phi) is 10.3. The van der Waals surface area contributed by atoms with Crippen molar-refractivity contribution in [1.82, 2.24) is 0 Å². The zero-order valence-electron chi connectivity index (χ0n) is 23.1. The lowest BCUT2D eigenvalue weighted by molar-refractivity contribution is -0.385. The second kappa shape index (κ2) is 13.7. The molecule has 2 unspecified atom stereocenters. The number of esters is 2. The van der Waals surface area contributed by atoms with Crippen LogP contribution in [0.5, 0.6) is 11.5 Å². The number of hydrogen-bond acceptors (Lipinski definition) is 12. The minimum atomic E-state index is -0.887. The van der Waals surface area contributed by atoms with E-state index in [1.54, 1.807) is 25.7 Å². The monoisotopic (exact) mass is 604 g/mol. The maximum Gasteiger partial charge on any atom is 0.328 e. The van der Waals surface area contributed by atoms with Crippen LogP contribution >= 0.6 is 12.2 Å². The number of carbonyl (C=O) groups excluding carboxylic acids is 3. The highest BCUT2D eigenvalue weighted by Crippen LogP contribution is 2.38. The maximum atomic E-state index is 12.0. The number of ether oxygens (including phenoxy) is 4. The van der Waals surface area contributed by atoms with Crippen LogP contribution in [0.4, 0.5) is 22.7 Å². The summed E-state index contributed by atoms with van der Waals surface area (Å²) >= 11 is 5.22. The van der Waals surface area contributed by atoms with Gasteiger partial charge in [0.1, 0.15) is 35.2 Å². The molecule has 0 N–H and O–H groups in total. The molecule has 4 rings (SSSR count). The van der Waals surface area contributed by atoms with Crippen molar-refractivity contribution in [1.29, 1.82) is 0 Å². The lowest BCUT2D eigenvalue weighted by atomic mass is 10.1. The van der Waals surface area contributed by atoms with Crippen LogP contribution in [-0.4, -0.2) is 71.2 Å². The van der Waals surface area contributed by atoms with Gasteiger partial charge in [0.05, 0.1) is 34.4 Å². The molecular weight excluding hydrogens is 576 g/mol. The number of amides is 1. The number of fused-ring (bicyclic) bond motifs is 2. The number of non-ortho nitro benzene ring substituents is 2. The van der Waals surface area contributed by atoms with Crippen molar-refractivity contribution in [3.8, 4) is 11.5 Å². The largest absolute Gasteiger partial charge is 0.484 e. The van der Waals surface area contributed by atoms with E-state index >= 15 is 0 Å². The van der Waals surface area contributed by atoms with Crippen LogP contribution in [0.1, 0.15) is 27.7 Å². The number of nitro groups is 2. The van der Waals surface area contributed by atoms with Gasteiger partial charge in [-0.3, -0.25) is 29.9 Å². The molecule has 15 nitrogen and oxygen atoms in total. The van der Waals surface area contributed by atoms with Gasteiger partial charge in [-0.1, -0.05) is 12.2 Å². The average Bonchev–Trinajstić information content (AvgIpc) is 2.96. The first-order chi connectivity index (χ1) is 19.9. The number of anilines is 2. The van der Waals surface area contributed by atoms with E-state index in [0.717, 1.165) is 0 Å². The molecule has 2 aliphatic heterocycles. The van der Waals surface area contributed by atoms with Crippen LogP contribution in [0.25, 0.3) is 0 Å². The van der Waals surface area contributed by atoms with Crippen LogP contribution in [0.3, 0.4) is 0 Å². The molecule has 0 spiro atoms. The fourth-order valence-electron chi connectivity index (χ4n) is 4.13.